The zero-order valence-corrected chi connectivity index (χ0v) is 11.8. The second kappa shape index (κ2) is 7.28. The normalized spacial score (nSPS) is 17.4. The molecule has 0 spiro atoms. The van der Waals surface area contributed by atoms with Crippen LogP contribution in [0.1, 0.15) is 18.4 Å². The van der Waals surface area contributed by atoms with Gasteiger partial charge in [0.1, 0.15) is 0 Å². The van der Waals surface area contributed by atoms with E-state index in [0.717, 1.165) is 50.6 Å². The van der Waals surface area contributed by atoms with Crippen LogP contribution in [-0.4, -0.2) is 36.5 Å². The molecule has 0 amide bonds. The summed E-state index contributed by atoms with van der Waals surface area (Å²) in [5.41, 5.74) is -0.706. The van der Waals surface area contributed by atoms with Gasteiger partial charge in [0.05, 0.1) is 10.6 Å². The zero-order chi connectivity index (χ0) is 14.4. The maximum absolute atomic E-state index is 12.4. The van der Waals surface area contributed by atoms with Gasteiger partial charge in [0, 0.05) is 37.8 Å². The fourth-order valence-electron chi connectivity index (χ4n) is 1.95. The number of nitrogens with one attached hydrogen (secondary N) is 1. The summed E-state index contributed by atoms with van der Waals surface area (Å²) in [6, 6.07) is 2.98. The number of hydrogen-bond acceptors (Lipinski definition) is 4. The Hall–Kier alpha value is -0.790. The fourth-order valence-corrected chi connectivity index (χ4v) is 2.67. The molecule has 1 aromatic rings. The number of aromatic nitrogens is 1. The van der Waals surface area contributed by atoms with Gasteiger partial charge in [0.2, 0.25) is 0 Å². The van der Waals surface area contributed by atoms with Gasteiger partial charge in [-0.2, -0.15) is 13.2 Å². The Morgan fingerprint density at radius 2 is 2.05 bits per heavy atom. The molecule has 1 fully saturated rings. The summed E-state index contributed by atoms with van der Waals surface area (Å²) in [5, 5.41) is 4.04. The number of thioether (sulfide) groups is 1. The lowest BCUT2D eigenvalue weighted by molar-refractivity contribution is -0.137. The number of nitrogens with zero attached hydrogens (tertiary/aromatic N) is 1. The van der Waals surface area contributed by atoms with Crippen LogP contribution in [0.2, 0.25) is 0 Å². The highest BCUT2D eigenvalue weighted by molar-refractivity contribution is 7.99. The topological polar surface area (TPSA) is 34.1 Å². The van der Waals surface area contributed by atoms with E-state index in [9.17, 15) is 13.2 Å². The molecule has 0 radical (unpaired) electrons. The highest BCUT2D eigenvalue weighted by Crippen LogP contribution is 2.29. The van der Waals surface area contributed by atoms with E-state index >= 15 is 0 Å². The predicted octanol–water partition coefficient (Wildman–Crippen LogP) is 2.96. The molecule has 1 aliphatic heterocycles. The van der Waals surface area contributed by atoms with Gasteiger partial charge in [-0.1, -0.05) is 0 Å². The van der Waals surface area contributed by atoms with Crippen molar-refractivity contribution in [2.24, 2.45) is 0 Å². The number of rotatable bonds is 5. The summed E-state index contributed by atoms with van der Waals surface area (Å²) in [5.74, 6) is 0.787. The van der Waals surface area contributed by atoms with Crippen molar-refractivity contribution in [3.8, 4) is 0 Å². The van der Waals surface area contributed by atoms with E-state index in [-0.39, 0.29) is 0 Å². The van der Waals surface area contributed by atoms with Crippen LogP contribution < -0.4 is 5.32 Å². The Balaban J connectivity index is 1.68. The second-order valence-electron chi connectivity index (χ2n) is 4.57. The molecule has 0 atom stereocenters. The van der Waals surface area contributed by atoms with E-state index in [1.165, 1.54) is 17.8 Å². The van der Waals surface area contributed by atoms with Gasteiger partial charge in [0.25, 0.3) is 0 Å². The lowest BCUT2D eigenvalue weighted by Crippen LogP contribution is -2.35. The zero-order valence-electron chi connectivity index (χ0n) is 10.9. The van der Waals surface area contributed by atoms with Crippen molar-refractivity contribution < 1.29 is 17.9 Å². The first kappa shape index (κ1) is 15.6. The van der Waals surface area contributed by atoms with Crippen LogP contribution in [-0.2, 0) is 10.9 Å². The van der Waals surface area contributed by atoms with Gasteiger partial charge >= 0.3 is 6.18 Å². The quantitative estimate of drug-likeness (QED) is 0.670. The highest BCUT2D eigenvalue weighted by Gasteiger charge is 2.30. The fraction of sp³-hybridized carbons (Fsp3) is 0.615. The molecule has 0 aromatic carbocycles. The number of hydrogen-bond donors (Lipinski definition) is 1. The molecular formula is C13H17F3N2OS. The van der Waals surface area contributed by atoms with Gasteiger partial charge in [-0.3, -0.25) is 0 Å². The first-order chi connectivity index (χ1) is 9.55. The summed E-state index contributed by atoms with van der Waals surface area (Å²) in [6.07, 6.45) is -1.40. The van der Waals surface area contributed by atoms with Crippen molar-refractivity contribution in [1.82, 2.24) is 10.3 Å². The average molecular weight is 306 g/mol. The Morgan fingerprint density at radius 3 is 2.65 bits per heavy atom. The van der Waals surface area contributed by atoms with Crippen molar-refractivity contribution in [2.75, 3.05) is 25.5 Å². The summed E-state index contributed by atoms with van der Waals surface area (Å²) < 4.78 is 42.4. The maximum atomic E-state index is 12.4. The molecule has 1 saturated heterocycles. The lowest BCUT2D eigenvalue weighted by Gasteiger charge is -2.23. The van der Waals surface area contributed by atoms with Crippen LogP contribution in [0.4, 0.5) is 13.2 Å². The van der Waals surface area contributed by atoms with Crippen molar-refractivity contribution in [3.05, 3.63) is 23.9 Å². The number of halogens is 3. The molecule has 0 unspecified atom stereocenters. The molecule has 0 bridgehead atoms. The van der Waals surface area contributed by atoms with Crippen molar-refractivity contribution in [1.29, 1.82) is 0 Å². The Kier molecular flexibility index (Phi) is 5.68. The molecule has 2 rings (SSSR count). The molecule has 20 heavy (non-hydrogen) atoms. The molecular weight excluding hydrogens is 289 g/mol. The molecule has 2 heterocycles. The third-order valence-electron chi connectivity index (χ3n) is 3.07. The molecule has 1 aliphatic rings. The van der Waals surface area contributed by atoms with Crippen LogP contribution >= 0.6 is 11.8 Å². The number of alkyl halides is 3. The Labute approximate surface area is 120 Å². The maximum Gasteiger partial charge on any atom is 0.417 e. The van der Waals surface area contributed by atoms with E-state index in [1.54, 1.807) is 0 Å². The minimum atomic E-state index is -4.32. The van der Waals surface area contributed by atoms with Gasteiger partial charge in [0.15, 0.2) is 0 Å². The van der Waals surface area contributed by atoms with Gasteiger partial charge in [-0.15, -0.1) is 11.8 Å². The van der Waals surface area contributed by atoms with E-state index in [1.807, 2.05) is 0 Å². The van der Waals surface area contributed by atoms with Gasteiger partial charge in [-0.05, 0) is 25.0 Å². The van der Waals surface area contributed by atoms with Crippen LogP contribution in [0, 0.1) is 0 Å². The molecule has 112 valence electrons. The van der Waals surface area contributed by atoms with Crippen molar-refractivity contribution in [3.63, 3.8) is 0 Å². The van der Waals surface area contributed by atoms with Crippen LogP contribution in [0.15, 0.2) is 23.4 Å². The first-order valence-corrected chi connectivity index (χ1v) is 7.51. The van der Waals surface area contributed by atoms with Crippen LogP contribution in [0.5, 0.6) is 0 Å². The lowest BCUT2D eigenvalue weighted by atomic mass is 10.1. The smallest absolute Gasteiger partial charge is 0.381 e. The molecule has 0 saturated carbocycles. The third-order valence-corrected chi connectivity index (χ3v) is 4.02. The third kappa shape index (κ3) is 4.96. The minimum absolute atomic E-state index is 0.491. The van der Waals surface area contributed by atoms with Gasteiger partial charge < -0.3 is 10.1 Å². The summed E-state index contributed by atoms with van der Waals surface area (Å²) >= 11 is 1.46. The van der Waals surface area contributed by atoms with E-state index in [2.05, 4.69) is 10.3 Å². The molecule has 1 aromatic heterocycles. The van der Waals surface area contributed by atoms with Crippen LogP contribution in [0.25, 0.3) is 0 Å². The minimum Gasteiger partial charge on any atom is -0.381 e. The van der Waals surface area contributed by atoms with E-state index < -0.39 is 11.7 Å². The molecule has 0 aliphatic carbocycles. The average Bonchev–Trinajstić information content (AvgIpc) is 2.44. The monoisotopic (exact) mass is 306 g/mol. The van der Waals surface area contributed by atoms with E-state index in [0.29, 0.717) is 11.1 Å². The highest BCUT2D eigenvalue weighted by atomic mass is 32.2. The SMILES string of the molecule is FC(F)(F)c1ccc(SCCNC2CCOCC2)nc1. The number of ether oxygens (including phenoxy) is 1. The summed E-state index contributed by atoms with van der Waals surface area (Å²) in [6.45, 7) is 2.41. The largest absolute Gasteiger partial charge is 0.417 e. The van der Waals surface area contributed by atoms with E-state index in [4.69, 9.17) is 4.74 Å². The molecule has 3 nitrogen and oxygen atoms in total. The molecule has 1 N–H and O–H groups in total. The second-order valence-corrected chi connectivity index (χ2v) is 5.69. The van der Waals surface area contributed by atoms with Crippen molar-refractivity contribution >= 4 is 11.8 Å². The predicted molar refractivity (Wildman–Crippen MR) is 71.8 cm³/mol. The first-order valence-electron chi connectivity index (χ1n) is 6.53. The van der Waals surface area contributed by atoms with Gasteiger partial charge in [-0.25, -0.2) is 4.98 Å². The molecule has 7 heteroatoms. The Morgan fingerprint density at radius 1 is 1.30 bits per heavy atom. The van der Waals surface area contributed by atoms with Crippen LogP contribution in [0.3, 0.4) is 0 Å². The summed E-state index contributed by atoms with van der Waals surface area (Å²) in [4.78, 5) is 3.82. The van der Waals surface area contributed by atoms with Crippen molar-refractivity contribution in [2.45, 2.75) is 30.1 Å². The standard InChI is InChI=1S/C13H17F3N2OS/c14-13(15,16)10-1-2-12(18-9-10)20-8-5-17-11-3-6-19-7-4-11/h1-2,9,11,17H,3-8H2. The summed E-state index contributed by atoms with van der Waals surface area (Å²) in [7, 11) is 0. The Bertz CT molecular complexity index is 405. The number of pyridine rings is 1.